The first-order valence-corrected chi connectivity index (χ1v) is 12.3. The number of benzene rings is 1. The van der Waals surface area contributed by atoms with Crippen molar-refractivity contribution in [2.24, 2.45) is 5.92 Å². The van der Waals surface area contributed by atoms with Crippen LogP contribution in [-0.2, 0) is 23.0 Å². The Bertz CT molecular complexity index is 1290. The molecule has 178 valence electrons. The summed E-state index contributed by atoms with van der Waals surface area (Å²) in [5.74, 6) is 1.96. The number of hydrogen-bond acceptors (Lipinski definition) is 8. The van der Waals surface area contributed by atoms with E-state index >= 15 is 0 Å². The monoisotopic (exact) mass is 478 g/mol. The summed E-state index contributed by atoms with van der Waals surface area (Å²) in [5, 5.41) is 0. The zero-order chi connectivity index (χ0) is 23.8. The second-order valence-electron chi connectivity index (χ2n) is 8.45. The lowest BCUT2D eigenvalue weighted by Gasteiger charge is -2.12. The Morgan fingerprint density at radius 1 is 1.21 bits per heavy atom. The first-order valence-electron chi connectivity index (χ1n) is 10.7. The summed E-state index contributed by atoms with van der Waals surface area (Å²) >= 11 is 0. The van der Waals surface area contributed by atoms with Crippen LogP contribution >= 0.6 is 0 Å². The number of nitrogens with one attached hydrogen (secondary N) is 1. The van der Waals surface area contributed by atoms with Gasteiger partial charge in [0.1, 0.15) is 5.82 Å². The van der Waals surface area contributed by atoms with Gasteiger partial charge in [0.05, 0.1) is 5.75 Å². The standard InChI is InChI=1S/C21H27FN6O4S/c1-12(2)10-24-33(29,30)6-4-5-28-17(25-18-19(23)26-21(22)27-20(18)28)9-14-8-16-15(7-13(14)3)31-11-32-16/h7-8,12,24H,4-6,9-11H2,1-3H3,(H2,23,26,27). The largest absolute Gasteiger partial charge is 0.454 e. The van der Waals surface area contributed by atoms with E-state index < -0.39 is 16.1 Å². The highest BCUT2D eigenvalue weighted by Gasteiger charge is 2.21. The van der Waals surface area contributed by atoms with Crippen molar-refractivity contribution in [3.8, 4) is 11.5 Å². The molecule has 0 bridgehead atoms. The third kappa shape index (κ3) is 5.17. The molecule has 4 rings (SSSR count). The molecule has 33 heavy (non-hydrogen) atoms. The molecule has 0 radical (unpaired) electrons. The number of nitrogens with two attached hydrogens (primary N) is 1. The topological polar surface area (TPSA) is 134 Å². The van der Waals surface area contributed by atoms with Crippen LogP contribution < -0.4 is 19.9 Å². The number of hydrogen-bond donors (Lipinski definition) is 2. The van der Waals surface area contributed by atoms with Crippen molar-refractivity contribution in [3.05, 3.63) is 35.2 Å². The lowest BCUT2D eigenvalue weighted by atomic mass is 10.0. The van der Waals surface area contributed by atoms with Gasteiger partial charge in [-0.15, -0.1) is 0 Å². The van der Waals surface area contributed by atoms with E-state index in [9.17, 15) is 12.8 Å². The van der Waals surface area contributed by atoms with Crippen LogP contribution in [0.2, 0.25) is 0 Å². The number of rotatable bonds is 9. The highest BCUT2D eigenvalue weighted by atomic mass is 32.2. The molecule has 2 aromatic heterocycles. The average Bonchev–Trinajstić information content (AvgIpc) is 3.31. The minimum Gasteiger partial charge on any atom is -0.454 e. The smallest absolute Gasteiger partial charge is 0.312 e. The molecule has 0 fully saturated rings. The van der Waals surface area contributed by atoms with Crippen molar-refractivity contribution in [3.63, 3.8) is 0 Å². The van der Waals surface area contributed by atoms with Gasteiger partial charge in [-0.25, -0.2) is 18.1 Å². The van der Waals surface area contributed by atoms with Crippen molar-refractivity contribution in [2.45, 2.75) is 40.2 Å². The van der Waals surface area contributed by atoms with Gasteiger partial charge in [-0.3, -0.25) is 0 Å². The van der Waals surface area contributed by atoms with E-state index in [1.165, 1.54) is 0 Å². The Morgan fingerprint density at radius 2 is 1.94 bits per heavy atom. The highest BCUT2D eigenvalue weighted by molar-refractivity contribution is 7.89. The number of ether oxygens (including phenoxy) is 2. The summed E-state index contributed by atoms with van der Waals surface area (Å²) in [4.78, 5) is 12.0. The number of nitrogens with zero attached hydrogens (tertiary/aromatic N) is 4. The van der Waals surface area contributed by atoms with Gasteiger partial charge in [0.15, 0.2) is 28.5 Å². The molecule has 0 spiro atoms. The molecule has 1 aliphatic heterocycles. The minimum absolute atomic E-state index is 0.0638. The van der Waals surface area contributed by atoms with E-state index in [4.69, 9.17) is 15.2 Å². The van der Waals surface area contributed by atoms with Gasteiger partial charge < -0.3 is 19.8 Å². The van der Waals surface area contributed by atoms with E-state index in [0.29, 0.717) is 30.3 Å². The SMILES string of the molecule is Cc1cc2c(cc1Cc1nc3c(N)nc(F)nc3n1CCCS(=O)(=O)NCC(C)C)OCO2. The predicted octanol–water partition coefficient (Wildman–Crippen LogP) is 2.14. The van der Waals surface area contributed by atoms with Crippen LogP contribution in [0.5, 0.6) is 11.5 Å². The van der Waals surface area contributed by atoms with E-state index in [0.717, 1.165) is 11.1 Å². The van der Waals surface area contributed by atoms with Crippen LogP contribution in [0.15, 0.2) is 12.1 Å². The van der Waals surface area contributed by atoms with Gasteiger partial charge in [0.2, 0.25) is 16.8 Å². The number of fused-ring (bicyclic) bond motifs is 2. The number of sulfonamides is 1. The van der Waals surface area contributed by atoms with Gasteiger partial charge in [-0.2, -0.15) is 14.4 Å². The van der Waals surface area contributed by atoms with Gasteiger partial charge in [-0.05, 0) is 42.5 Å². The second kappa shape index (κ2) is 9.10. The minimum atomic E-state index is -3.43. The summed E-state index contributed by atoms with van der Waals surface area (Å²) in [6.45, 7) is 6.63. The Hall–Kier alpha value is -2.99. The van der Waals surface area contributed by atoms with E-state index in [-0.39, 0.29) is 48.4 Å². The Kier molecular flexibility index (Phi) is 6.39. The fraction of sp³-hybridized carbons (Fsp3) is 0.476. The Balaban J connectivity index is 1.63. The third-order valence-corrected chi connectivity index (χ3v) is 6.79. The summed E-state index contributed by atoms with van der Waals surface area (Å²) in [7, 11) is -3.43. The van der Waals surface area contributed by atoms with Crippen LogP contribution in [0, 0.1) is 18.9 Å². The normalized spacial score (nSPS) is 13.4. The molecule has 3 N–H and O–H groups in total. The fourth-order valence-corrected chi connectivity index (χ4v) is 4.87. The molecular weight excluding hydrogens is 451 g/mol. The molecule has 0 atom stereocenters. The molecule has 0 unspecified atom stereocenters. The molecule has 10 nitrogen and oxygen atoms in total. The molecule has 3 aromatic rings. The van der Waals surface area contributed by atoms with Crippen molar-refractivity contribution in [1.29, 1.82) is 0 Å². The molecule has 3 heterocycles. The van der Waals surface area contributed by atoms with Crippen LogP contribution in [-0.4, -0.2) is 47.0 Å². The first-order chi connectivity index (χ1) is 15.6. The zero-order valence-corrected chi connectivity index (χ0v) is 19.6. The maximum Gasteiger partial charge on any atom is 0.312 e. The van der Waals surface area contributed by atoms with Crippen LogP contribution in [0.4, 0.5) is 10.2 Å². The van der Waals surface area contributed by atoms with Crippen molar-refractivity contribution in [1.82, 2.24) is 24.2 Å². The number of aromatic nitrogens is 4. The highest BCUT2D eigenvalue weighted by Crippen LogP contribution is 2.35. The molecule has 0 aliphatic carbocycles. The molecule has 1 aromatic carbocycles. The lowest BCUT2D eigenvalue weighted by Crippen LogP contribution is -2.30. The van der Waals surface area contributed by atoms with Gasteiger partial charge in [-0.1, -0.05) is 13.8 Å². The predicted molar refractivity (Wildman–Crippen MR) is 121 cm³/mol. The van der Waals surface area contributed by atoms with Crippen LogP contribution in [0.1, 0.15) is 37.2 Å². The van der Waals surface area contributed by atoms with E-state index in [1.807, 2.05) is 32.9 Å². The van der Waals surface area contributed by atoms with E-state index in [2.05, 4.69) is 19.7 Å². The number of halogens is 1. The van der Waals surface area contributed by atoms with Crippen molar-refractivity contribution >= 4 is 27.0 Å². The Labute approximate surface area is 191 Å². The van der Waals surface area contributed by atoms with Crippen LogP contribution in [0.3, 0.4) is 0 Å². The molecule has 0 amide bonds. The van der Waals surface area contributed by atoms with Gasteiger partial charge in [0.25, 0.3) is 0 Å². The molecular formula is C21H27FN6O4S. The maximum absolute atomic E-state index is 13.9. The van der Waals surface area contributed by atoms with Crippen molar-refractivity contribution < 1.29 is 22.3 Å². The quantitative estimate of drug-likeness (QED) is 0.447. The number of imidazole rings is 1. The maximum atomic E-state index is 13.9. The number of aryl methyl sites for hydroxylation is 2. The lowest BCUT2D eigenvalue weighted by molar-refractivity contribution is 0.174. The zero-order valence-electron chi connectivity index (χ0n) is 18.8. The summed E-state index contributed by atoms with van der Waals surface area (Å²) in [5.41, 5.74) is 8.33. The van der Waals surface area contributed by atoms with Crippen LogP contribution in [0.25, 0.3) is 11.2 Å². The average molecular weight is 479 g/mol. The number of anilines is 1. The number of nitrogen functional groups attached to an aromatic ring is 1. The Morgan fingerprint density at radius 3 is 2.67 bits per heavy atom. The summed E-state index contributed by atoms with van der Waals surface area (Å²) in [6, 6.07) is 3.78. The first kappa shape index (κ1) is 23.2. The summed E-state index contributed by atoms with van der Waals surface area (Å²) < 4.78 is 53.7. The van der Waals surface area contributed by atoms with E-state index in [1.54, 1.807) is 4.57 Å². The molecule has 12 heteroatoms. The summed E-state index contributed by atoms with van der Waals surface area (Å²) in [6.07, 6.45) is -0.284. The second-order valence-corrected chi connectivity index (χ2v) is 10.4. The third-order valence-electron chi connectivity index (χ3n) is 5.36. The molecule has 0 saturated carbocycles. The molecule has 1 aliphatic rings. The van der Waals surface area contributed by atoms with Gasteiger partial charge >= 0.3 is 6.08 Å². The van der Waals surface area contributed by atoms with Gasteiger partial charge in [0, 0.05) is 19.5 Å². The fourth-order valence-electron chi connectivity index (χ4n) is 3.63. The molecule has 0 saturated heterocycles. The van der Waals surface area contributed by atoms with Crippen molar-refractivity contribution in [2.75, 3.05) is 24.8 Å².